The maximum Gasteiger partial charge on any atom is 0.0193 e. The molecule has 0 unspecified atom stereocenters. The van der Waals surface area contributed by atoms with Crippen LogP contribution in [0.3, 0.4) is 0 Å². The van der Waals surface area contributed by atoms with Gasteiger partial charge in [-0.3, -0.25) is 9.44 Å². The Morgan fingerprint density at radius 2 is 2.29 bits per heavy atom. The zero-order valence-corrected chi connectivity index (χ0v) is 5.98. The van der Waals surface area contributed by atoms with Crippen molar-refractivity contribution in [2.75, 3.05) is 19.3 Å². The quantitative estimate of drug-likeness (QED) is 0.296. The Bertz CT molecular complexity index is 30.1. The van der Waals surface area contributed by atoms with E-state index in [9.17, 15) is 0 Å². The summed E-state index contributed by atoms with van der Waals surface area (Å²) in [6, 6.07) is 0. The van der Waals surface area contributed by atoms with Crippen molar-refractivity contribution < 1.29 is 0 Å². The highest BCUT2D eigenvalue weighted by Crippen LogP contribution is 1.77. The van der Waals surface area contributed by atoms with E-state index in [1.54, 1.807) is 11.9 Å². The van der Waals surface area contributed by atoms with Crippen LogP contribution in [0.25, 0.3) is 0 Å². The second kappa shape index (κ2) is 6.62. The monoisotopic (exact) mass is 138 g/mol. The summed E-state index contributed by atoms with van der Waals surface area (Å²) in [4.78, 5) is 0. The molecule has 0 saturated carbocycles. The molecule has 0 rings (SSSR count). The molecule has 0 aliphatic heterocycles. The van der Waals surface area contributed by atoms with Crippen LogP contribution in [0.2, 0.25) is 0 Å². The van der Waals surface area contributed by atoms with Crippen molar-refractivity contribution in [2.45, 2.75) is 0 Å². The van der Waals surface area contributed by atoms with E-state index in [4.69, 9.17) is 0 Å². The van der Waals surface area contributed by atoms with Crippen LogP contribution in [0.4, 0.5) is 0 Å². The second-order valence-electron chi connectivity index (χ2n) is 1.01. The fraction of sp³-hybridized carbons (Fsp3) is 1.00. The Balaban J connectivity index is 2.45. The third-order valence-corrected chi connectivity index (χ3v) is 1.20. The lowest BCUT2D eigenvalue weighted by molar-refractivity contribution is 0.877. The summed E-state index contributed by atoms with van der Waals surface area (Å²) in [6.07, 6.45) is 2.00. The van der Waals surface area contributed by atoms with Gasteiger partial charge in [0.1, 0.15) is 0 Å². The van der Waals surface area contributed by atoms with Crippen LogP contribution in [0.1, 0.15) is 0 Å². The molecule has 0 spiro atoms. The van der Waals surface area contributed by atoms with E-state index in [0.717, 1.165) is 13.1 Å². The van der Waals surface area contributed by atoms with Crippen molar-refractivity contribution in [3.63, 3.8) is 0 Å². The third kappa shape index (κ3) is 6.62. The SMILES string of the molecule is CSNCCNS. The Morgan fingerprint density at radius 3 is 2.71 bits per heavy atom. The average Bonchev–Trinajstić information content (AvgIpc) is 1.69. The first-order valence-electron chi connectivity index (χ1n) is 2.04. The molecule has 0 bridgehead atoms. The van der Waals surface area contributed by atoms with E-state index in [1.807, 2.05) is 6.26 Å². The van der Waals surface area contributed by atoms with E-state index in [-0.39, 0.29) is 0 Å². The molecule has 0 aromatic carbocycles. The molecular formula is C3H10N2S2. The highest BCUT2D eigenvalue weighted by atomic mass is 32.2. The van der Waals surface area contributed by atoms with Crippen LogP contribution in [-0.2, 0) is 0 Å². The largest absolute Gasteiger partial charge is 0.266 e. The Labute approximate surface area is 54.1 Å². The number of rotatable bonds is 4. The third-order valence-electron chi connectivity index (χ3n) is 0.483. The topological polar surface area (TPSA) is 24.1 Å². The maximum atomic E-state index is 3.79. The molecular weight excluding hydrogens is 128 g/mol. The molecule has 0 aromatic heterocycles. The van der Waals surface area contributed by atoms with Gasteiger partial charge in [-0.05, 0) is 6.26 Å². The van der Waals surface area contributed by atoms with Crippen molar-refractivity contribution in [3.8, 4) is 0 Å². The standard InChI is InChI=1S/C3H10N2S2/c1-7-5-3-2-4-6/h4-6H,2-3H2,1H3. The lowest BCUT2D eigenvalue weighted by atomic mass is 10.7. The molecule has 0 fully saturated rings. The minimum Gasteiger partial charge on any atom is -0.266 e. The predicted molar refractivity (Wildman–Crippen MR) is 38.5 cm³/mol. The van der Waals surface area contributed by atoms with Crippen molar-refractivity contribution in [1.82, 2.24) is 9.44 Å². The smallest absolute Gasteiger partial charge is 0.0193 e. The molecule has 2 nitrogen and oxygen atoms in total. The molecule has 0 aromatic rings. The molecule has 0 saturated heterocycles. The second-order valence-corrected chi connectivity index (χ2v) is 2.02. The number of hydrogen-bond acceptors (Lipinski definition) is 4. The van der Waals surface area contributed by atoms with Crippen LogP contribution in [0.15, 0.2) is 0 Å². The minimum atomic E-state index is 0.907. The van der Waals surface area contributed by atoms with E-state index in [1.165, 1.54) is 0 Å². The maximum absolute atomic E-state index is 3.79. The van der Waals surface area contributed by atoms with Crippen LogP contribution < -0.4 is 9.44 Å². The summed E-state index contributed by atoms with van der Waals surface area (Å²) in [7, 11) is 0. The van der Waals surface area contributed by atoms with Gasteiger partial charge in [-0.2, -0.15) is 0 Å². The summed E-state index contributed by atoms with van der Waals surface area (Å²) in [5.74, 6) is 0. The fourth-order valence-corrected chi connectivity index (χ4v) is 0.627. The van der Waals surface area contributed by atoms with Crippen molar-refractivity contribution in [3.05, 3.63) is 0 Å². The average molecular weight is 138 g/mol. The number of nitrogens with one attached hydrogen (secondary N) is 2. The molecule has 7 heavy (non-hydrogen) atoms. The van der Waals surface area contributed by atoms with Gasteiger partial charge in [0.2, 0.25) is 0 Å². The van der Waals surface area contributed by atoms with Gasteiger partial charge in [-0.25, -0.2) is 0 Å². The van der Waals surface area contributed by atoms with Gasteiger partial charge in [0, 0.05) is 13.1 Å². The number of hydrogen-bond donors (Lipinski definition) is 3. The van der Waals surface area contributed by atoms with E-state index >= 15 is 0 Å². The zero-order chi connectivity index (χ0) is 5.54. The summed E-state index contributed by atoms with van der Waals surface area (Å²) < 4.78 is 5.78. The van der Waals surface area contributed by atoms with Gasteiger partial charge in [-0.1, -0.05) is 24.8 Å². The summed E-state index contributed by atoms with van der Waals surface area (Å²) in [6.45, 7) is 1.87. The number of thiol groups is 1. The Kier molecular flexibility index (Phi) is 7.21. The summed E-state index contributed by atoms with van der Waals surface area (Å²) in [5, 5.41) is 0. The molecule has 0 aliphatic carbocycles. The van der Waals surface area contributed by atoms with Gasteiger partial charge in [0.05, 0.1) is 0 Å². The normalized spacial score (nSPS) is 9.43. The van der Waals surface area contributed by atoms with Crippen LogP contribution in [0, 0.1) is 0 Å². The van der Waals surface area contributed by atoms with Gasteiger partial charge in [-0.15, -0.1) is 0 Å². The minimum absolute atomic E-state index is 0.907. The van der Waals surface area contributed by atoms with Gasteiger partial charge >= 0.3 is 0 Å². The fourth-order valence-electron chi connectivity index (χ4n) is 0.209. The first kappa shape index (κ1) is 7.62. The van der Waals surface area contributed by atoms with Crippen LogP contribution in [0.5, 0.6) is 0 Å². The molecule has 44 valence electrons. The Hall–Kier alpha value is 0.620. The van der Waals surface area contributed by atoms with E-state index in [2.05, 4.69) is 22.3 Å². The molecule has 0 heterocycles. The first-order valence-corrected chi connectivity index (χ1v) is 3.72. The zero-order valence-electron chi connectivity index (χ0n) is 4.27. The highest BCUT2D eigenvalue weighted by molar-refractivity contribution is 7.96. The van der Waals surface area contributed by atoms with Gasteiger partial charge < -0.3 is 0 Å². The van der Waals surface area contributed by atoms with Crippen molar-refractivity contribution in [1.29, 1.82) is 0 Å². The highest BCUT2D eigenvalue weighted by Gasteiger charge is 1.76. The Morgan fingerprint density at radius 1 is 1.57 bits per heavy atom. The molecule has 0 radical (unpaired) electrons. The van der Waals surface area contributed by atoms with Gasteiger partial charge in [0.25, 0.3) is 0 Å². The molecule has 2 N–H and O–H groups in total. The van der Waals surface area contributed by atoms with Crippen LogP contribution in [-0.4, -0.2) is 19.3 Å². The van der Waals surface area contributed by atoms with Crippen molar-refractivity contribution in [2.24, 2.45) is 0 Å². The van der Waals surface area contributed by atoms with Gasteiger partial charge in [0.15, 0.2) is 0 Å². The summed E-state index contributed by atoms with van der Waals surface area (Å²) >= 11 is 5.41. The first-order chi connectivity index (χ1) is 3.41. The predicted octanol–water partition coefficient (Wildman–Crippen LogP) is 0.288. The lowest BCUT2D eigenvalue weighted by Gasteiger charge is -1.95. The molecule has 4 heteroatoms. The molecule has 0 amide bonds. The lowest BCUT2D eigenvalue weighted by Crippen LogP contribution is -2.16. The molecule has 0 atom stereocenters. The van der Waals surface area contributed by atoms with E-state index in [0.29, 0.717) is 0 Å². The van der Waals surface area contributed by atoms with E-state index < -0.39 is 0 Å². The molecule has 0 aliphatic rings. The van der Waals surface area contributed by atoms with Crippen LogP contribution >= 0.6 is 24.8 Å². The summed E-state index contributed by atoms with van der Waals surface area (Å²) in [5.41, 5.74) is 0. The van der Waals surface area contributed by atoms with Crippen molar-refractivity contribution >= 4 is 24.8 Å².